The zero-order chi connectivity index (χ0) is 17.9. The highest BCUT2D eigenvalue weighted by Crippen LogP contribution is 2.29. The monoisotopic (exact) mass is 387 g/mol. The first kappa shape index (κ1) is 18.4. The van der Waals surface area contributed by atoms with Gasteiger partial charge in [-0.25, -0.2) is 13.2 Å². The van der Waals surface area contributed by atoms with Crippen molar-refractivity contribution in [3.05, 3.63) is 52.5 Å². The summed E-state index contributed by atoms with van der Waals surface area (Å²) in [6.45, 7) is 0. The van der Waals surface area contributed by atoms with E-state index in [1.54, 1.807) is 32.3 Å². The van der Waals surface area contributed by atoms with Gasteiger partial charge >= 0.3 is 6.03 Å². The van der Waals surface area contributed by atoms with Gasteiger partial charge in [0.05, 0.1) is 16.4 Å². The van der Waals surface area contributed by atoms with Crippen LogP contribution in [-0.2, 0) is 10.0 Å². The molecule has 2 rings (SSSR count). The Bertz CT molecular complexity index is 870. The molecule has 0 atom stereocenters. The van der Waals surface area contributed by atoms with E-state index < -0.39 is 10.0 Å². The van der Waals surface area contributed by atoms with Crippen molar-refractivity contribution in [2.75, 3.05) is 24.1 Å². The number of rotatable bonds is 4. The van der Waals surface area contributed by atoms with Gasteiger partial charge in [-0.1, -0.05) is 35.3 Å². The predicted octanol–water partition coefficient (Wildman–Crippen LogP) is 3.89. The van der Waals surface area contributed by atoms with Crippen LogP contribution < -0.4 is 10.0 Å². The molecule has 0 unspecified atom stereocenters. The SMILES string of the molecule is CN(C)C(=O)Nc1ccccc1NS(=O)(=O)c1cc(Cl)ccc1Cl. The number of carbonyl (C=O) groups is 1. The third-order valence-corrected chi connectivity index (χ3v) is 5.08. The second-order valence-corrected chi connectivity index (χ2v) is 7.54. The maximum absolute atomic E-state index is 12.6. The molecule has 0 aliphatic heterocycles. The fourth-order valence-corrected chi connectivity index (χ4v) is 3.63. The van der Waals surface area contributed by atoms with Crippen molar-refractivity contribution in [3.8, 4) is 0 Å². The second-order valence-electron chi connectivity index (χ2n) is 5.05. The van der Waals surface area contributed by atoms with Crippen molar-refractivity contribution < 1.29 is 13.2 Å². The summed E-state index contributed by atoms with van der Waals surface area (Å²) < 4.78 is 27.5. The number of hydrogen-bond donors (Lipinski definition) is 2. The molecule has 0 saturated carbocycles. The van der Waals surface area contributed by atoms with Crippen LogP contribution in [0.2, 0.25) is 10.0 Å². The molecule has 0 fully saturated rings. The van der Waals surface area contributed by atoms with Crippen LogP contribution in [0.1, 0.15) is 0 Å². The van der Waals surface area contributed by atoms with Crippen molar-refractivity contribution in [2.24, 2.45) is 0 Å². The number of sulfonamides is 1. The van der Waals surface area contributed by atoms with Gasteiger partial charge in [0.15, 0.2) is 0 Å². The molecule has 2 N–H and O–H groups in total. The average molecular weight is 388 g/mol. The molecule has 24 heavy (non-hydrogen) atoms. The molecule has 2 aromatic rings. The molecule has 9 heteroatoms. The van der Waals surface area contributed by atoms with Crippen molar-refractivity contribution in [1.29, 1.82) is 0 Å². The lowest BCUT2D eigenvalue weighted by atomic mass is 10.3. The minimum absolute atomic E-state index is 0.0432. The molecule has 2 aromatic carbocycles. The minimum atomic E-state index is -3.98. The van der Waals surface area contributed by atoms with Gasteiger partial charge in [0.2, 0.25) is 0 Å². The standard InChI is InChI=1S/C15H15Cl2N3O3S/c1-20(2)15(21)18-12-5-3-4-6-13(12)19-24(22,23)14-9-10(16)7-8-11(14)17/h3-9,19H,1-2H3,(H,18,21). The molecule has 0 saturated heterocycles. The first-order valence-electron chi connectivity index (χ1n) is 6.76. The third kappa shape index (κ3) is 4.31. The number of nitrogens with zero attached hydrogens (tertiary/aromatic N) is 1. The smallest absolute Gasteiger partial charge is 0.321 e. The fraction of sp³-hybridized carbons (Fsp3) is 0.133. The molecule has 2 amide bonds. The summed E-state index contributed by atoms with van der Waals surface area (Å²) in [5.74, 6) is 0. The van der Waals surface area contributed by atoms with E-state index in [4.69, 9.17) is 23.2 Å². The molecule has 0 radical (unpaired) electrons. The van der Waals surface area contributed by atoms with Crippen LogP contribution in [0.5, 0.6) is 0 Å². The lowest BCUT2D eigenvalue weighted by Crippen LogP contribution is -2.28. The Balaban J connectivity index is 2.37. The molecule has 128 valence electrons. The van der Waals surface area contributed by atoms with Gasteiger partial charge in [0, 0.05) is 19.1 Å². The normalized spacial score (nSPS) is 11.0. The van der Waals surface area contributed by atoms with Gasteiger partial charge < -0.3 is 10.2 Å². The Kier molecular flexibility index (Phi) is 5.58. The van der Waals surface area contributed by atoms with Crippen LogP contribution in [-0.4, -0.2) is 33.4 Å². The minimum Gasteiger partial charge on any atom is -0.331 e. The number of urea groups is 1. The molecule has 0 heterocycles. The number of hydrogen-bond acceptors (Lipinski definition) is 3. The number of anilines is 2. The van der Waals surface area contributed by atoms with Crippen LogP contribution in [0.4, 0.5) is 16.2 Å². The molecule has 0 aromatic heterocycles. The van der Waals surface area contributed by atoms with Crippen molar-refractivity contribution >= 4 is 50.6 Å². The quantitative estimate of drug-likeness (QED) is 0.834. The summed E-state index contributed by atoms with van der Waals surface area (Å²) in [4.78, 5) is 13.0. The molecule has 0 aliphatic rings. The highest BCUT2D eigenvalue weighted by atomic mass is 35.5. The first-order chi connectivity index (χ1) is 11.2. The fourth-order valence-electron chi connectivity index (χ4n) is 1.79. The highest BCUT2D eigenvalue weighted by molar-refractivity contribution is 7.92. The number of carbonyl (C=O) groups excluding carboxylic acids is 1. The Hall–Kier alpha value is -1.96. The Morgan fingerprint density at radius 2 is 1.67 bits per heavy atom. The molecule has 0 spiro atoms. The van der Waals surface area contributed by atoms with Crippen LogP contribution >= 0.6 is 23.2 Å². The Labute approximate surface area is 150 Å². The summed E-state index contributed by atoms with van der Waals surface area (Å²) in [6.07, 6.45) is 0. The van der Waals surface area contributed by atoms with Crippen LogP contribution in [0, 0.1) is 0 Å². The zero-order valence-corrected chi connectivity index (χ0v) is 15.2. The average Bonchev–Trinajstić information content (AvgIpc) is 2.51. The second kappa shape index (κ2) is 7.29. The number of benzene rings is 2. The van der Waals surface area contributed by atoms with Crippen LogP contribution in [0.3, 0.4) is 0 Å². The predicted molar refractivity (Wildman–Crippen MR) is 96.4 cm³/mol. The largest absolute Gasteiger partial charge is 0.331 e. The maximum Gasteiger partial charge on any atom is 0.321 e. The number of para-hydroxylation sites is 2. The molecule has 0 bridgehead atoms. The van der Waals surface area contributed by atoms with Crippen LogP contribution in [0.15, 0.2) is 47.4 Å². The van der Waals surface area contributed by atoms with Crippen molar-refractivity contribution in [2.45, 2.75) is 4.90 Å². The lowest BCUT2D eigenvalue weighted by Gasteiger charge is -2.16. The summed E-state index contributed by atoms with van der Waals surface area (Å²) in [7, 11) is -0.822. The maximum atomic E-state index is 12.6. The van der Waals surface area contributed by atoms with Gasteiger partial charge in [0.25, 0.3) is 10.0 Å². The lowest BCUT2D eigenvalue weighted by molar-refractivity contribution is 0.230. The van der Waals surface area contributed by atoms with Crippen LogP contribution in [0.25, 0.3) is 0 Å². The van der Waals surface area contributed by atoms with Gasteiger partial charge in [0.1, 0.15) is 4.90 Å². The van der Waals surface area contributed by atoms with E-state index in [0.717, 1.165) is 0 Å². The number of nitrogens with one attached hydrogen (secondary N) is 2. The van der Waals surface area contributed by atoms with E-state index in [9.17, 15) is 13.2 Å². The van der Waals surface area contributed by atoms with E-state index in [2.05, 4.69) is 10.0 Å². The summed E-state index contributed by atoms with van der Waals surface area (Å²) in [5.41, 5.74) is 0.529. The third-order valence-electron chi connectivity index (χ3n) is 3.00. The van der Waals surface area contributed by atoms with E-state index in [0.29, 0.717) is 5.69 Å². The van der Waals surface area contributed by atoms with Crippen molar-refractivity contribution in [3.63, 3.8) is 0 Å². The van der Waals surface area contributed by atoms with Crippen molar-refractivity contribution in [1.82, 2.24) is 4.90 Å². The summed E-state index contributed by atoms with van der Waals surface area (Å²) >= 11 is 11.8. The zero-order valence-electron chi connectivity index (χ0n) is 12.9. The van der Waals surface area contributed by atoms with Gasteiger partial charge in [-0.3, -0.25) is 4.72 Å². The topological polar surface area (TPSA) is 78.5 Å². The van der Waals surface area contributed by atoms with E-state index in [-0.39, 0.29) is 26.7 Å². The molecule has 6 nitrogen and oxygen atoms in total. The van der Waals surface area contributed by atoms with Gasteiger partial charge in [-0.2, -0.15) is 0 Å². The molecular formula is C15H15Cl2N3O3S. The van der Waals surface area contributed by atoms with E-state index in [1.807, 2.05) is 0 Å². The number of amides is 2. The van der Waals surface area contributed by atoms with Gasteiger partial charge in [-0.15, -0.1) is 0 Å². The first-order valence-corrected chi connectivity index (χ1v) is 9.00. The Morgan fingerprint density at radius 1 is 1.04 bits per heavy atom. The molecular weight excluding hydrogens is 373 g/mol. The molecule has 0 aliphatic carbocycles. The Morgan fingerprint density at radius 3 is 2.29 bits per heavy atom. The summed E-state index contributed by atoms with van der Waals surface area (Å²) in [5, 5.41) is 2.90. The highest BCUT2D eigenvalue weighted by Gasteiger charge is 2.20. The number of halogens is 2. The van der Waals surface area contributed by atoms with Gasteiger partial charge in [-0.05, 0) is 30.3 Å². The summed E-state index contributed by atoms with van der Waals surface area (Å²) in [6, 6.07) is 10.2. The van der Waals surface area contributed by atoms with E-state index >= 15 is 0 Å². The van der Waals surface area contributed by atoms with E-state index in [1.165, 1.54) is 29.2 Å².